The minimum absolute atomic E-state index is 0.202. The van der Waals surface area contributed by atoms with Gasteiger partial charge in [0.25, 0.3) is 5.56 Å². The van der Waals surface area contributed by atoms with Crippen LogP contribution in [0.4, 0.5) is 0 Å². The van der Waals surface area contributed by atoms with Crippen LogP contribution in [0.5, 0.6) is 5.88 Å². The van der Waals surface area contributed by atoms with E-state index >= 15 is 0 Å². The van der Waals surface area contributed by atoms with E-state index in [1.807, 2.05) is 18.2 Å². The van der Waals surface area contributed by atoms with Crippen molar-refractivity contribution in [3.05, 3.63) is 44.9 Å². The van der Waals surface area contributed by atoms with Crippen molar-refractivity contribution in [2.45, 2.75) is 19.3 Å². The van der Waals surface area contributed by atoms with Crippen LogP contribution in [0.3, 0.4) is 0 Å². The molecule has 1 aromatic heterocycles. The minimum atomic E-state index is -0.296. The minimum Gasteiger partial charge on any atom is -0.493 e. The monoisotopic (exact) mass is 320 g/mol. The van der Waals surface area contributed by atoms with E-state index in [-0.39, 0.29) is 17.0 Å². The number of rotatable bonds is 3. The van der Waals surface area contributed by atoms with Gasteiger partial charge in [-0.3, -0.25) is 4.79 Å². The third-order valence-corrected chi connectivity index (χ3v) is 3.96. The van der Waals surface area contributed by atoms with Gasteiger partial charge >= 0.3 is 0 Å². The van der Waals surface area contributed by atoms with Crippen LogP contribution in [0.2, 0.25) is 0 Å². The summed E-state index contributed by atoms with van der Waals surface area (Å²) < 4.78 is 0.757. The molecule has 98 valence electrons. The maximum absolute atomic E-state index is 12.1. The molecule has 1 aliphatic carbocycles. The summed E-state index contributed by atoms with van der Waals surface area (Å²) in [5, 5.41) is 10.0. The normalized spacial score (nSPS) is 14.6. The summed E-state index contributed by atoms with van der Waals surface area (Å²) in [5.41, 5.74) is 0.564. The van der Waals surface area contributed by atoms with E-state index in [9.17, 15) is 9.90 Å². The fraction of sp³-hybridized carbons (Fsp3) is 0.286. The molecule has 1 heterocycles. The Kier molecular flexibility index (Phi) is 3.14. The van der Waals surface area contributed by atoms with E-state index in [2.05, 4.69) is 25.9 Å². The molecule has 0 aliphatic heterocycles. The lowest BCUT2D eigenvalue weighted by atomic mass is 10.1. The van der Waals surface area contributed by atoms with Gasteiger partial charge in [0, 0.05) is 16.5 Å². The van der Waals surface area contributed by atoms with Crippen molar-refractivity contribution in [1.82, 2.24) is 9.97 Å². The molecule has 4 nitrogen and oxygen atoms in total. The number of benzene rings is 1. The molecule has 1 aliphatic rings. The Balaban J connectivity index is 2.07. The highest BCUT2D eigenvalue weighted by molar-refractivity contribution is 9.10. The van der Waals surface area contributed by atoms with Crippen molar-refractivity contribution in [2.75, 3.05) is 0 Å². The fourth-order valence-electron chi connectivity index (χ4n) is 2.11. The molecule has 0 atom stereocenters. The van der Waals surface area contributed by atoms with Gasteiger partial charge in [0.15, 0.2) is 0 Å². The SMILES string of the molecule is O=c1[nH]c(CC2CC2)nc(O)c1-c1ccccc1Br. The largest absolute Gasteiger partial charge is 0.493 e. The second-order valence-electron chi connectivity index (χ2n) is 4.84. The van der Waals surface area contributed by atoms with E-state index in [4.69, 9.17) is 0 Å². The van der Waals surface area contributed by atoms with E-state index in [0.717, 1.165) is 10.9 Å². The molecule has 0 bridgehead atoms. The van der Waals surface area contributed by atoms with Crippen LogP contribution in [0, 0.1) is 5.92 Å². The van der Waals surface area contributed by atoms with Crippen molar-refractivity contribution >= 4 is 15.9 Å². The standard InChI is InChI=1S/C14H13BrN2O2/c15-10-4-2-1-3-9(10)12-13(18)16-11(17-14(12)19)7-8-5-6-8/h1-4,8H,5-7H2,(H2,16,17,18,19). The molecule has 1 fully saturated rings. The first-order valence-electron chi connectivity index (χ1n) is 6.22. The van der Waals surface area contributed by atoms with Gasteiger partial charge in [-0.2, -0.15) is 4.98 Å². The average Bonchev–Trinajstić information content (AvgIpc) is 3.14. The molecule has 0 spiro atoms. The average molecular weight is 321 g/mol. The summed E-state index contributed by atoms with van der Waals surface area (Å²) in [6, 6.07) is 7.27. The van der Waals surface area contributed by atoms with Gasteiger partial charge in [0.1, 0.15) is 11.4 Å². The number of halogens is 1. The predicted octanol–water partition coefficient (Wildman–Crippen LogP) is 2.86. The quantitative estimate of drug-likeness (QED) is 0.913. The second kappa shape index (κ2) is 4.81. The number of aromatic nitrogens is 2. The number of aromatic hydroxyl groups is 1. The number of H-pyrrole nitrogens is 1. The van der Waals surface area contributed by atoms with Gasteiger partial charge in [-0.1, -0.05) is 34.1 Å². The molecule has 3 rings (SSSR count). The maximum atomic E-state index is 12.1. The van der Waals surface area contributed by atoms with Crippen LogP contribution >= 0.6 is 15.9 Å². The highest BCUT2D eigenvalue weighted by Gasteiger charge is 2.24. The third kappa shape index (κ3) is 2.56. The van der Waals surface area contributed by atoms with Gasteiger partial charge in [0.2, 0.25) is 5.88 Å². The van der Waals surface area contributed by atoms with Crippen LogP contribution in [0.1, 0.15) is 18.7 Å². The zero-order chi connectivity index (χ0) is 13.4. The number of hydrogen-bond acceptors (Lipinski definition) is 3. The fourth-order valence-corrected chi connectivity index (χ4v) is 2.59. The second-order valence-corrected chi connectivity index (χ2v) is 5.69. The molecular weight excluding hydrogens is 308 g/mol. The van der Waals surface area contributed by atoms with Crippen LogP contribution in [0.25, 0.3) is 11.1 Å². The van der Waals surface area contributed by atoms with E-state index in [1.54, 1.807) is 6.07 Å². The zero-order valence-corrected chi connectivity index (χ0v) is 11.8. The Bertz CT molecular complexity index is 677. The first kappa shape index (κ1) is 12.4. The zero-order valence-electron chi connectivity index (χ0n) is 10.2. The number of nitrogens with one attached hydrogen (secondary N) is 1. The van der Waals surface area contributed by atoms with Gasteiger partial charge in [0.05, 0.1) is 0 Å². The van der Waals surface area contributed by atoms with Crippen LogP contribution in [0.15, 0.2) is 33.5 Å². The molecule has 2 N–H and O–H groups in total. The lowest BCUT2D eigenvalue weighted by molar-refractivity contribution is 0.449. The highest BCUT2D eigenvalue weighted by Crippen LogP contribution is 2.33. The van der Waals surface area contributed by atoms with Crippen molar-refractivity contribution in [2.24, 2.45) is 5.92 Å². The Morgan fingerprint density at radius 3 is 2.74 bits per heavy atom. The molecule has 0 radical (unpaired) electrons. The summed E-state index contributed by atoms with van der Waals surface area (Å²) in [6.45, 7) is 0. The molecule has 2 aromatic rings. The first-order valence-corrected chi connectivity index (χ1v) is 7.01. The predicted molar refractivity (Wildman–Crippen MR) is 76.1 cm³/mol. The van der Waals surface area contributed by atoms with Gasteiger partial charge < -0.3 is 10.1 Å². The Labute approximate surface area is 118 Å². The molecule has 1 saturated carbocycles. The van der Waals surface area contributed by atoms with Crippen LogP contribution < -0.4 is 5.56 Å². The van der Waals surface area contributed by atoms with E-state index < -0.39 is 0 Å². The summed E-state index contributed by atoms with van der Waals surface area (Å²) in [4.78, 5) is 19.0. The summed E-state index contributed by atoms with van der Waals surface area (Å²) in [6.07, 6.45) is 3.09. The summed E-state index contributed by atoms with van der Waals surface area (Å²) in [7, 11) is 0. The summed E-state index contributed by atoms with van der Waals surface area (Å²) >= 11 is 3.38. The Morgan fingerprint density at radius 1 is 1.37 bits per heavy atom. The van der Waals surface area contributed by atoms with Crippen molar-refractivity contribution in [3.8, 4) is 17.0 Å². The smallest absolute Gasteiger partial charge is 0.262 e. The van der Waals surface area contributed by atoms with E-state index in [1.165, 1.54) is 12.8 Å². The van der Waals surface area contributed by atoms with Crippen molar-refractivity contribution in [1.29, 1.82) is 0 Å². The number of hydrogen-bond donors (Lipinski definition) is 2. The first-order chi connectivity index (χ1) is 9.15. The molecule has 0 unspecified atom stereocenters. The highest BCUT2D eigenvalue weighted by atomic mass is 79.9. The van der Waals surface area contributed by atoms with Gasteiger partial charge in [-0.25, -0.2) is 0 Å². The van der Waals surface area contributed by atoms with Crippen molar-refractivity contribution < 1.29 is 5.11 Å². The van der Waals surface area contributed by atoms with Gasteiger partial charge in [-0.05, 0) is 24.8 Å². The molecule has 0 saturated heterocycles. The molecule has 19 heavy (non-hydrogen) atoms. The maximum Gasteiger partial charge on any atom is 0.262 e. The van der Waals surface area contributed by atoms with Crippen LogP contribution in [-0.4, -0.2) is 15.1 Å². The topological polar surface area (TPSA) is 66.0 Å². The molecule has 0 amide bonds. The molecular formula is C14H13BrN2O2. The lowest BCUT2D eigenvalue weighted by Crippen LogP contribution is -2.14. The van der Waals surface area contributed by atoms with Crippen LogP contribution in [-0.2, 0) is 6.42 Å². The number of nitrogens with zero attached hydrogens (tertiary/aromatic N) is 1. The third-order valence-electron chi connectivity index (χ3n) is 3.27. The molecule has 1 aromatic carbocycles. The van der Waals surface area contributed by atoms with Gasteiger partial charge in [-0.15, -0.1) is 0 Å². The number of aromatic amines is 1. The summed E-state index contributed by atoms with van der Waals surface area (Å²) in [5.74, 6) is 0.976. The Morgan fingerprint density at radius 2 is 2.11 bits per heavy atom. The lowest BCUT2D eigenvalue weighted by Gasteiger charge is -2.07. The molecule has 5 heteroatoms. The van der Waals surface area contributed by atoms with Crippen molar-refractivity contribution in [3.63, 3.8) is 0 Å². The Hall–Kier alpha value is -1.62. The van der Waals surface area contributed by atoms with E-state index in [0.29, 0.717) is 17.3 Å².